The van der Waals surface area contributed by atoms with E-state index in [4.69, 9.17) is 0 Å². The number of carboxylic acids is 1. The van der Waals surface area contributed by atoms with E-state index in [0.717, 1.165) is 36.2 Å². The second-order valence-corrected chi connectivity index (χ2v) is 10.3. The van der Waals surface area contributed by atoms with Crippen LogP contribution < -0.4 is 9.62 Å². The molecule has 1 aliphatic rings. The Balaban J connectivity index is 1.51. The Morgan fingerprint density at radius 2 is 1.82 bits per heavy atom. The highest BCUT2D eigenvalue weighted by Gasteiger charge is 2.28. The molecule has 4 rings (SSSR count). The lowest BCUT2D eigenvalue weighted by molar-refractivity contribution is -0.138. The van der Waals surface area contributed by atoms with Gasteiger partial charge in [-0.2, -0.15) is 4.72 Å². The van der Waals surface area contributed by atoms with Crippen molar-refractivity contribution < 1.29 is 22.7 Å². The third kappa shape index (κ3) is 5.29. The summed E-state index contributed by atoms with van der Waals surface area (Å²) in [7, 11) is -4.04. The summed E-state index contributed by atoms with van der Waals surface area (Å²) in [6.07, 6.45) is 1.86. The summed E-state index contributed by atoms with van der Waals surface area (Å²) < 4.78 is 42.2. The number of carbonyl (C=O) groups is 1. The van der Waals surface area contributed by atoms with Gasteiger partial charge in [0.25, 0.3) is 0 Å². The molecule has 0 amide bonds. The average Bonchev–Trinajstić information content (AvgIpc) is 3.31. The highest BCUT2D eigenvalue weighted by molar-refractivity contribution is 7.89. The molecule has 0 radical (unpaired) electrons. The summed E-state index contributed by atoms with van der Waals surface area (Å²) in [5.41, 5.74) is 3.05. The van der Waals surface area contributed by atoms with Gasteiger partial charge in [0.2, 0.25) is 10.0 Å². The zero-order valence-corrected chi connectivity index (χ0v) is 19.6. The van der Waals surface area contributed by atoms with Crippen LogP contribution >= 0.6 is 0 Å². The van der Waals surface area contributed by atoms with E-state index in [9.17, 15) is 22.7 Å². The van der Waals surface area contributed by atoms with Crippen molar-refractivity contribution >= 4 is 21.7 Å². The first-order chi connectivity index (χ1) is 16.2. The van der Waals surface area contributed by atoms with Gasteiger partial charge in [-0.3, -0.25) is 4.79 Å². The summed E-state index contributed by atoms with van der Waals surface area (Å²) in [6.45, 7) is 2.51. The summed E-state index contributed by atoms with van der Waals surface area (Å²) in [5, 5.41) is 9.55. The minimum Gasteiger partial charge on any atom is -0.480 e. The lowest BCUT2D eigenvalue weighted by Gasteiger charge is -2.27. The van der Waals surface area contributed by atoms with Crippen LogP contribution in [0.4, 0.5) is 10.1 Å². The number of aliphatic carboxylic acids is 1. The fourth-order valence-electron chi connectivity index (χ4n) is 4.34. The molecular formula is C26H27FN2O4S. The van der Waals surface area contributed by atoms with Crippen LogP contribution in [0.5, 0.6) is 0 Å². The number of aryl methyl sites for hydroxylation is 1. The van der Waals surface area contributed by atoms with E-state index in [0.29, 0.717) is 5.56 Å². The second kappa shape index (κ2) is 9.95. The molecule has 0 bridgehead atoms. The van der Waals surface area contributed by atoms with Gasteiger partial charge in [0.05, 0.1) is 10.9 Å². The first kappa shape index (κ1) is 23.9. The number of carboxylic acid groups (broad SMARTS) is 1. The predicted octanol–water partition coefficient (Wildman–Crippen LogP) is 4.45. The average molecular weight is 483 g/mol. The predicted molar refractivity (Wildman–Crippen MR) is 129 cm³/mol. The van der Waals surface area contributed by atoms with Crippen LogP contribution in [0.25, 0.3) is 0 Å². The molecule has 0 aromatic heterocycles. The van der Waals surface area contributed by atoms with Crippen LogP contribution in [-0.2, 0) is 21.2 Å². The Morgan fingerprint density at radius 1 is 1.12 bits per heavy atom. The van der Waals surface area contributed by atoms with Gasteiger partial charge >= 0.3 is 5.97 Å². The highest BCUT2D eigenvalue weighted by Crippen LogP contribution is 2.36. The zero-order chi connectivity index (χ0) is 24.3. The van der Waals surface area contributed by atoms with E-state index in [1.165, 1.54) is 12.1 Å². The molecule has 34 heavy (non-hydrogen) atoms. The van der Waals surface area contributed by atoms with Gasteiger partial charge in [-0.05, 0) is 73.2 Å². The van der Waals surface area contributed by atoms with Gasteiger partial charge in [-0.15, -0.1) is 0 Å². The Bertz CT molecular complexity index is 1260. The van der Waals surface area contributed by atoms with Crippen LogP contribution in [0, 0.1) is 12.7 Å². The lowest BCUT2D eigenvalue weighted by atomic mass is 10.0. The van der Waals surface area contributed by atoms with Crippen LogP contribution in [0.2, 0.25) is 0 Å². The molecule has 1 saturated heterocycles. The molecule has 1 unspecified atom stereocenters. The second-order valence-electron chi connectivity index (χ2n) is 8.56. The summed E-state index contributed by atoms with van der Waals surface area (Å²) >= 11 is 0. The topological polar surface area (TPSA) is 86.7 Å². The van der Waals surface area contributed by atoms with Gasteiger partial charge in [-0.25, -0.2) is 12.8 Å². The third-order valence-electron chi connectivity index (χ3n) is 6.19. The van der Waals surface area contributed by atoms with Crippen molar-refractivity contribution in [3.63, 3.8) is 0 Å². The number of hydrogen-bond acceptors (Lipinski definition) is 4. The van der Waals surface area contributed by atoms with Gasteiger partial charge in [0.15, 0.2) is 0 Å². The first-order valence-electron chi connectivity index (χ1n) is 11.2. The maximum atomic E-state index is 14.1. The van der Waals surface area contributed by atoms with Crippen molar-refractivity contribution in [1.82, 2.24) is 4.72 Å². The van der Waals surface area contributed by atoms with Gasteiger partial charge in [-0.1, -0.05) is 42.5 Å². The molecule has 3 aromatic carbocycles. The van der Waals surface area contributed by atoms with E-state index < -0.39 is 22.0 Å². The minimum absolute atomic E-state index is 0.00677. The van der Waals surface area contributed by atoms with Crippen molar-refractivity contribution in [3.8, 4) is 0 Å². The number of sulfonamides is 1. The van der Waals surface area contributed by atoms with Crippen LogP contribution in [0.1, 0.15) is 35.6 Å². The Morgan fingerprint density at radius 3 is 2.47 bits per heavy atom. The molecule has 0 spiro atoms. The van der Waals surface area contributed by atoms with Crippen molar-refractivity contribution in [2.75, 3.05) is 11.4 Å². The monoisotopic (exact) mass is 482 g/mol. The first-order valence-corrected chi connectivity index (χ1v) is 12.6. The molecule has 1 aliphatic heterocycles. The van der Waals surface area contributed by atoms with E-state index in [-0.39, 0.29) is 23.2 Å². The summed E-state index contributed by atoms with van der Waals surface area (Å²) in [5.74, 6) is -1.48. The van der Waals surface area contributed by atoms with Crippen LogP contribution in [0.15, 0.2) is 77.7 Å². The van der Waals surface area contributed by atoms with E-state index in [1.54, 1.807) is 55.5 Å². The molecule has 6 nitrogen and oxygen atoms in total. The normalized spacial score (nSPS) is 17.0. The molecule has 1 heterocycles. The number of nitrogens with zero attached hydrogens (tertiary/aromatic N) is 1. The SMILES string of the molecule is Cc1ccc(C2CCCN2c2ccc(S(=O)(=O)N[C@@H](Cc3ccccc3)C(=O)O)cc2)cc1F. The van der Waals surface area contributed by atoms with Crippen molar-refractivity contribution in [1.29, 1.82) is 0 Å². The molecule has 1 fully saturated rings. The Labute approximate surface area is 199 Å². The summed E-state index contributed by atoms with van der Waals surface area (Å²) in [4.78, 5) is 13.8. The highest BCUT2D eigenvalue weighted by atomic mass is 32.2. The van der Waals surface area contributed by atoms with Crippen LogP contribution in [-0.4, -0.2) is 32.1 Å². The fraction of sp³-hybridized carbons (Fsp3) is 0.269. The number of halogens is 1. The molecule has 178 valence electrons. The molecule has 2 atom stereocenters. The summed E-state index contributed by atoms with van der Waals surface area (Å²) in [6, 6.07) is 19.3. The molecule has 3 aromatic rings. The number of hydrogen-bond donors (Lipinski definition) is 2. The number of anilines is 1. The zero-order valence-electron chi connectivity index (χ0n) is 18.8. The maximum Gasteiger partial charge on any atom is 0.322 e. The molecule has 0 saturated carbocycles. The standard InChI is InChI=1S/C26H27FN2O4S/c1-18-9-10-20(17-23(18)27)25-8-5-15-29(25)21-11-13-22(14-12-21)34(32,33)28-24(26(30)31)16-19-6-3-2-4-7-19/h2-4,6-7,9-14,17,24-25,28H,5,8,15-16H2,1H3,(H,30,31)/t24-,25?/m0/s1. The number of nitrogens with one attached hydrogen (secondary N) is 1. The van der Waals surface area contributed by atoms with Crippen LogP contribution in [0.3, 0.4) is 0 Å². The lowest BCUT2D eigenvalue weighted by Crippen LogP contribution is -2.42. The molecule has 8 heteroatoms. The van der Waals surface area contributed by atoms with E-state index in [2.05, 4.69) is 9.62 Å². The van der Waals surface area contributed by atoms with Crippen molar-refractivity contribution in [2.24, 2.45) is 0 Å². The van der Waals surface area contributed by atoms with Crippen molar-refractivity contribution in [3.05, 3.63) is 95.3 Å². The third-order valence-corrected chi connectivity index (χ3v) is 7.68. The van der Waals surface area contributed by atoms with E-state index in [1.807, 2.05) is 12.1 Å². The van der Waals surface area contributed by atoms with Gasteiger partial charge in [0, 0.05) is 12.2 Å². The quantitative estimate of drug-likeness (QED) is 0.495. The van der Waals surface area contributed by atoms with E-state index >= 15 is 0 Å². The smallest absolute Gasteiger partial charge is 0.322 e. The van der Waals surface area contributed by atoms with Gasteiger partial charge in [0.1, 0.15) is 11.9 Å². The number of rotatable bonds is 8. The van der Waals surface area contributed by atoms with Crippen molar-refractivity contribution in [2.45, 2.75) is 43.2 Å². The van der Waals surface area contributed by atoms with Gasteiger partial charge < -0.3 is 10.0 Å². The largest absolute Gasteiger partial charge is 0.480 e. The molecular weight excluding hydrogens is 455 g/mol. The Hall–Kier alpha value is -3.23. The Kier molecular flexibility index (Phi) is 7.00. The maximum absolute atomic E-state index is 14.1. The minimum atomic E-state index is -4.04. The number of benzene rings is 3. The molecule has 2 N–H and O–H groups in total. The molecule has 0 aliphatic carbocycles. The fourth-order valence-corrected chi connectivity index (χ4v) is 5.53.